The third kappa shape index (κ3) is 2.08. The SMILES string of the molecule is COc1c(SC)cc(F)cc1-c1cnoc1N. The summed E-state index contributed by atoms with van der Waals surface area (Å²) in [6.45, 7) is 0. The summed E-state index contributed by atoms with van der Waals surface area (Å²) in [5.74, 6) is 0.348. The van der Waals surface area contributed by atoms with Gasteiger partial charge in [0, 0.05) is 5.56 Å². The summed E-state index contributed by atoms with van der Waals surface area (Å²) in [4.78, 5) is 0.697. The second-order valence-corrected chi connectivity index (χ2v) is 4.14. The van der Waals surface area contributed by atoms with Crippen LogP contribution in [-0.2, 0) is 0 Å². The van der Waals surface area contributed by atoms with Gasteiger partial charge in [-0.05, 0) is 18.4 Å². The van der Waals surface area contributed by atoms with Gasteiger partial charge in [-0.1, -0.05) is 5.16 Å². The van der Waals surface area contributed by atoms with E-state index in [4.69, 9.17) is 15.0 Å². The second kappa shape index (κ2) is 4.67. The zero-order chi connectivity index (χ0) is 12.4. The normalized spacial score (nSPS) is 10.5. The molecule has 90 valence electrons. The van der Waals surface area contributed by atoms with E-state index in [-0.39, 0.29) is 11.7 Å². The molecule has 0 aliphatic heterocycles. The van der Waals surface area contributed by atoms with Crippen molar-refractivity contribution in [3.63, 3.8) is 0 Å². The van der Waals surface area contributed by atoms with Crippen LogP contribution < -0.4 is 10.5 Å². The molecular weight excluding hydrogens is 243 g/mol. The van der Waals surface area contributed by atoms with Crippen molar-refractivity contribution in [3.05, 3.63) is 24.1 Å². The van der Waals surface area contributed by atoms with Crippen molar-refractivity contribution in [2.75, 3.05) is 19.1 Å². The lowest BCUT2D eigenvalue weighted by atomic mass is 10.1. The highest BCUT2D eigenvalue weighted by Gasteiger charge is 2.17. The first-order valence-electron chi connectivity index (χ1n) is 4.79. The fourth-order valence-corrected chi connectivity index (χ4v) is 2.19. The minimum Gasteiger partial charge on any atom is -0.495 e. The van der Waals surface area contributed by atoms with Crippen LogP contribution in [0.4, 0.5) is 10.3 Å². The number of ether oxygens (including phenoxy) is 1. The zero-order valence-electron chi connectivity index (χ0n) is 9.36. The van der Waals surface area contributed by atoms with Gasteiger partial charge in [0.15, 0.2) is 0 Å². The molecule has 6 heteroatoms. The molecule has 0 atom stereocenters. The number of benzene rings is 1. The van der Waals surface area contributed by atoms with Gasteiger partial charge in [-0.15, -0.1) is 11.8 Å². The average molecular weight is 254 g/mol. The van der Waals surface area contributed by atoms with E-state index in [1.807, 2.05) is 6.26 Å². The van der Waals surface area contributed by atoms with Gasteiger partial charge >= 0.3 is 0 Å². The number of aromatic nitrogens is 1. The van der Waals surface area contributed by atoms with E-state index >= 15 is 0 Å². The Labute approximate surface area is 102 Å². The molecule has 0 unspecified atom stereocenters. The molecule has 0 aliphatic rings. The number of rotatable bonds is 3. The third-order valence-corrected chi connectivity index (χ3v) is 3.08. The molecule has 0 spiro atoms. The monoisotopic (exact) mass is 254 g/mol. The zero-order valence-corrected chi connectivity index (χ0v) is 10.2. The quantitative estimate of drug-likeness (QED) is 0.853. The Morgan fingerprint density at radius 2 is 2.18 bits per heavy atom. The molecule has 0 saturated carbocycles. The van der Waals surface area contributed by atoms with Gasteiger partial charge < -0.3 is 15.0 Å². The van der Waals surface area contributed by atoms with Crippen LogP contribution in [0.15, 0.2) is 27.7 Å². The van der Waals surface area contributed by atoms with Crippen molar-refractivity contribution in [1.82, 2.24) is 5.16 Å². The first-order valence-corrected chi connectivity index (χ1v) is 6.02. The molecule has 0 fully saturated rings. The molecule has 0 aliphatic carbocycles. The van der Waals surface area contributed by atoms with E-state index in [9.17, 15) is 4.39 Å². The second-order valence-electron chi connectivity index (χ2n) is 3.29. The molecule has 2 N–H and O–H groups in total. The molecule has 2 aromatic rings. The van der Waals surface area contributed by atoms with Gasteiger partial charge in [0.25, 0.3) is 0 Å². The molecule has 1 heterocycles. The van der Waals surface area contributed by atoms with Gasteiger partial charge in [0.05, 0.1) is 23.8 Å². The van der Waals surface area contributed by atoms with Crippen molar-refractivity contribution in [2.45, 2.75) is 4.90 Å². The lowest BCUT2D eigenvalue weighted by Gasteiger charge is -2.11. The Morgan fingerprint density at radius 3 is 2.71 bits per heavy atom. The third-order valence-electron chi connectivity index (χ3n) is 2.33. The number of hydrogen-bond acceptors (Lipinski definition) is 5. The molecule has 0 bridgehead atoms. The number of thioether (sulfide) groups is 1. The number of nitrogens with two attached hydrogens (primary N) is 1. The summed E-state index contributed by atoms with van der Waals surface area (Å²) < 4.78 is 23.6. The highest BCUT2D eigenvalue weighted by atomic mass is 32.2. The van der Waals surface area contributed by atoms with Crippen molar-refractivity contribution < 1.29 is 13.7 Å². The van der Waals surface area contributed by atoms with Gasteiger partial charge in [0.1, 0.15) is 11.6 Å². The molecule has 1 aromatic heterocycles. The van der Waals surface area contributed by atoms with E-state index < -0.39 is 0 Å². The maximum absolute atomic E-state index is 13.5. The summed E-state index contributed by atoms with van der Waals surface area (Å²) in [5.41, 5.74) is 6.69. The Balaban J connectivity index is 2.68. The summed E-state index contributed by atoms with van der Waals surface area (Å²) in [6.07, 6.45) is 3.29. The summed E-state index contributed by atoms with van der Waals surface area (Å²) >= 11 is 1.39. The van der Waals surface area contributed by atoms with Gasteiger partial charge in [-0.3, -0.25) is 0 Å². The number of hydrogen-bond donors (Lipinski definition) is 1. The summed E-state index contributed by atoms with van der Waals surface area (Å²) in [5, 5.41) is 3.57. The van der Waals surface area contributed by atoms with Crippen molar-refractivity contribution in [3.8, 4) is 16.9 Å². The van der Waals surface area contributed by atoms with Crippen LogP contribution in [0.2, 0.25) is 0 Å². The van der Waals surface area contributed by atoms with Crippen molar-refractivity contribution >= 4 is 17.6 Å². The van der Waals surface area contributed by atoms with Crippen molar-refractivity contribution in [2.24, 2.45) is 0 Å². The minimum absolute atomic E-state index is 0.140. The van der Waals surface area contributed by atoms with Crippen LogP contribution >= 0.6 is 11.8 Å². The minimum atomic E-state index is -0.356. The van der Waals surface area contributed by atoms with E-state index in [0.717, 1.165) is 0 Å². The molecular formula is C11H11FN2O2S. The molecule has 1 aromatic carbocycles. The van der Waals surface area contributed by atoms with Crippen LogP contribution in [0, 0.1) is 5.82 Å². The van der Waals surface area contributed by atoms with E-state index in [0.29, 0.717) is 21.8 Å². The number of anilines is 1. The highest BCUT2D eigenvalue weighted by molar-refractivity contribution is 7.98. The number of nitrogen functional groups attached to an aromatic ring is 1. The first kappa shape index (κ1) is 11.8. The van der Waals surface area contributed by atoms with E-state index in [1.54, 1.807) is 0 Å². The average Bonchev–Trinajstić information content (AvgIpc) is 2.74. The largest absolute Gasteiger partial charge is 0.495 e. The lowest BCUT2D eigenvalue weighted by Crippen LogP contribution is -1.94. The fraction of sp³-hybridized carbons (Fsp3) is 0.182. The molecule has 2 rings (SSSR count). The topological polar surface area (TPSA) is 61.3 Å². The van der Waals surface area contributed by atoms with Gasteiger partial charge in [-0.25, -0.2) is 4.39 Å². The van der Waals surface area contributed by atoms with Crippen LogP contribution in [-0.4, -0.2) is 18.5 Å². The molecule has 0 radical (unpaired) electrons. The predicted molar refractivity (Wildman–Crippen MR) is 64.6 cm³/mol. The number of halogens is 1. The van der Waals surface area contributed by atoms with Gasteiger partial charge in [-0.2, -0.15) is 0 Å². The number of methoxy groups -OCH3 is 1. The van der Waals surface area contributed by atoms with Crippen LogP contribution in [0.25, 0.3) is 11.1 Å². The van der Waals surface area contributed by atoms with Crippen LogP contribution in [0.3, 0.4) is 0 Å². The highest BCUT2D eigenvalue weighted by Crippen LogP contribution is 2.40. The smallest absolute Gasteiger partial charge is 0.230 e. The van der Waals surface area contributed by atoms with Crippen LogP contribution in [0.1, 0.15) is 0 Å². The van der Waals surface area contributed by atoms with Crippen LogP contribution in [0.5, 0.6) is 5.75 Å². The maximum atomic E-state index is 13.5. The maximum Gasteiger partial charge on any atom is 0.230 e. The molecule has 0 saturated heterocycles. The van der Waals surface area contributed by atoms with Gasteiger partial charge in [0.2, 0.25) is 5.88 Å². The molecule has 4 nitrogen and oxygen atoms in total. The standard InChI is InChI=1S/C11H11FN2O2S/c1-15-10-7(8-5-14-16-11(8)13)3-6(12)4-9(10)17-2/h3-5H,13H2,1-2H3. The summed E-state index contributed by atoms with van der Waals surface area (Å²) in [7, 11) is 1.53. The Kier molecular flexibility index (Phi) is 3.23. The number of nitrogens with zero attached hydrogens (tertiary/aromatic N) is 1. The van der Waals surface area contributed by atoms with E-state index in [1.165, 1.54) is 37.2 Å². The van der Waals surface area contributed by atoms with Crippen molar-refractivity contribution in [1.29, 1.82) is 0 Å². The van der Waals surface area contributed by atoms with E-state index in [2.05, 4.69) is 5.16 Å². The summed E-state index contributed by atoms with van der Waals surface area (Å²) in [6, 6.07) is 2.76. The molecule has 17 heavy (non-hydrogen) atoms. The lowest BCUT2D eigenvalue weighted by molar-refractivity contribution is 0.405. The predicted octanol–water partition coefficient (Wildman–Crippen LogP) is 2.79. The first-order chi connectivity index (χ1) is 8.17. The Morgan fingerprint density at radius 1 is 1.41 bits per heavy atom. The fourth-order valence-electron chi connectivity index (χ4n) is 1.58. The molecule has 0 amide bonds. The Bertz CT molecular complexity index is 542. The Hall–Kier alpha value is -1.69.